The van der Waals surface area contributed by atoms with Gasteiger partial charge in [0.2, 0.25) is 0 Å². The number of carbonyl (C=O) groups is 1. The van der Waals surface area contributed by atoms with Gasteiger partial charge in [-0.15, -0.1) is 0 Å². The first-order chi connectivity index (χ1) is 11.4. The van der Waals surface area contributed by atoms with Crippen molar-refractivity contribution in [3.8, 4) is 0 Å². The molecule has 0 bridgehead atoms. The van der Waals surface area contributed by atoms with E-state index in [2.05, 4.69) is 42.5 Å². The van der Waals surface area contributed by atoms with Gasteiger partial charge in [-0.25, -0.2) is 9.18 Å². The van der Waals surface area contributed by atoms with Crippen LogP contribution in [0.3, 0.4) is 0 Å². The van der Waals surface area contributed by atoms with Gasteiger partial charge in [-0.05, 0) is 71.5 Å². The van der Waals surface area contributed by atoms with E-state index in [1.165, 1.54) is 6.07 Å². The molecule has 4 nitrogen and oxygen atoms in total. The predicted octanol–water partition coefficient (Wildman–Crippen LogP) is 5.34. The van der Waals surface area contributed by atoms with Crippen molar-refractivity contribution in [3.63, 3.8) is 0 Å². The van der Waals surface area contributed by atoms with Gasteiger partial charge in [-0.2, -0.15) is 0 Å². The van der Waals surface area contributed by atoms with Crippen molar-refractivity contribution in [2.45, 2.75) is 6.92 Å². The molecule has 0 aliphatic rings. The van der Waals surface area contributed by atoms with Crippen molar-refractivity contribution in [2.24, 2.45) is 0 Å². The lowest BCUT2D eigenvalue weighted by Crippen LogP contribution is -2.20. The number of ether oxygens (including phenoxy) is 1. The Morgan fingerprint density at radius 3 is 2.46 bits per heavy atom. The average molecular weight is 476 g/mol. The van der Waals surface area contributed by atoms with Crippen LogP contribution in [0, 0.1) is 5.82 Å². The molecule has 0 saturated carbocycles. The molecule has 0 fully saturated rings. The molecule has 0 aromatic heterocycles. The summed E-state index contributed by atoms with van der Waals surface area (Å²) < 4.78 is 20.0. The van der Waals surface area contributed by atoms with Crippen LogP contribution in [0.25, 0.3) is 0 Å². The second kappa shape index (κ2) is 8.55. The molecule has 2 aromatic carbocycles. The van der Waals surface area contributed by atoms with Gasteiger partial charge < -0.3 is 15.4 Å². The molecule has 0 radical (unpaired) electrons. The number of carbonyl (C=O) groups excluding carboxylic acids is 1. The maximum Gasteiger partial charge on any atom is 0.338 e. The van der Waals surface area contributed by atoms with Crippen molar-refractivity contribution >= 4 is 66.5 Å². The van der Waals surface area contributed by atoms with Crippen molar-refractivity contribution in [2.75, 3.05) is 17.2 Å². The van der Waals surface area contributed by atoms with Crippen LogP contribution in [0.5, 0.6) is 0 Å². The topological polar surface area (TPSA) is 50.4 Å². The number of hydrogen-bond donors (Lipinski definition) is 2. The third-order valence-electron chi connectivity index (χ3n) is 2.90. The fourth-order valence-corrected chi connectivity index (χ4v) is 3.33. The smallest absolute Gasteiger partial charge is 0.338 e. The maximum absolute atomic E-state index is 14.0. The lowest BCUT2D eigenvalue weighted by molar-refractivity contribution is 0.0526. The quantitative estimate of drug-likeness (QED) is 0.462. The molecule has 0 unspecified atom stereocenters. The highest BCUT2D eigenvalue weighted by molar-refractivity contribution is 9.11. The summed E-state index contributed by atoms with van der Waals surface area (Å²) in [5.74, 6) is -0.830. The summed E-state index contributed by atoms with van der Waals surface area (Å²) >= 11 is 11.7. The molecular formula is C16H13Br2FN2O2S. The zero-order chi connectivity index (χ0) is 17.7. The number of thiocarbonyl (C=S) groups is 1. The molecule has 0 saturated heterocycles. The van der Waals surface area contributed by atoms with Crippen LogP contribution in [-0.4, -0.2) is 17.7 Å². The normalized spacial score (nSPS) is 10.2. The maximum atomic E-state index is 14.0. The minimum atomic E-state index is -0.446. The molecule has 2 aromatic rings. The predicted molar refractivity (Wildman–Crippen MR) is 104 cm³/mol. The van der Waals surface area contributed by atoms with E-state index in [-0.39, 0.29) is 16.8 Å². The Hall–Kier alpha value is -1.51. The summed E-state index contributed by atoms with van der Waals surface area (Å²) in [6.45, 7) is 2.07. The van der Waals surface area contributed by atoms with Crippen LogP contribution in [-0.2, 0) is 4.74 Å². The third-order valence-corrected chi connectivity index (χ3v) is 4.19. The third kappa shape index (κ3) is 4.99. The van der Waals surface area contributed by atoms with Crippen LogP contribution in [0.1, 0.15) is 17.3 Å². The Morgan fingerprint density at radius 2 is 1.88 bits per heavy atom. The molecule has 2 N–H and O–H groups in total. The Morgan fingerprint density at radius 1 is 1.21 bits per heavy atom. The van der Waals surface area contributed by atoms with Gasteiger partial charge in [0.25, 0.3) is 0 Å². The SMILES string of the molecule is CCOC(=O)c1ccc(NC(=S)Nc2c(F)cc(Br)cc2Br)cc1. The number of halogens is 3. The number of anilines is 2. The van der Waals surface area contributed by atoms with Crippen molar-refractivity contribution in [3.05, 3.63) is 56.7 Å². The Balaban J connectivity index is 2.04. The first kappa shape index (κ1) is 18.8. The fraction of sp³-hybridized carbons (Fsp3) is 0.125. The minimum Gasteiger partial charge on any atom is -0.462 e. The number of nitrogens with one attached hydrogen (secondary N) is 2. The van der Waals surface area contributed by atoms with E-state index in [0.29, 0.717) is 26.8 Å². The summed E-state index contributed by atoms with van der Waals surface area (Å²) in [4.78, 5) is 11.6. The van der Waals surface area contributed by atoms with Gasteiger partial charge in [0.1, 0.15) is 5.82 Å². The van der Waals surface area contributed by atoms with Gasteiger partial charge in [0, 0.05) is 14.6 Å². The Labute approximate surface area is 161 Å². The van der Waals surface area contributed by atoms with E-state index >= 15 is 0 Å². The largest absolute Gasteiger partial charge is 0.462 e. The van der Waals surface area contributed by atoms with Crippen molar-refractivity contribution < 1.29 is 13.9 Å². The highest BCUT2D eigenvalue weighted by Crippen LogP contribution is 2.29. The van der Waals surface area contributed by atoms with Gasteiger partial charge in [-0.3, -0.25) is 0 Å². The summed E-state index contributed by atoms with van der Waals surface area (Å²) in [5, 5.41) is 5.95. The monoisotopic (exact) mass is 474 g/mol. The second-order valence-electron chi connectivity index (χ2n) is 4.62. The molecule has 24 heavy (non-hydrogen) atoms. The Bertz CT molecular complexity index is 746. The van der Waals surface area contributed by atoms with Crippen LogP contribution in [0.15, 0.2) is 45.3 Å². The minimum absolute atomic E-state index is 0.223. The summed E-state index contributed by atoms with van der Waals surface area (Å²) in [7, 11) is 0. The van der Waals surface area contributed by atoms with Crippen LogP contribution in [0.2, 0.25) is 0 Å². The fourth-order valence-electron chi connectivity index (χ4n) is 1.84. The summed E-state index contributed by atoms with van der Waals surface area (Å²) in [6, 6.07) is 9.67. The van der Waals surface area contributed by atoms with E-state index in [9.17, 15) is 9.18 Å². The first-order valence-corrected chi connectivity index (χ1v) is 8.90. The molecule has 126 valence electrons. The standard InChI is InChI=1S/C16H13Br2FN2O2S/c1-2-23-15(22)9-3-5-11(6-4-9)20-16(24)21-14-12(18)7-10(17)8-13(14)19/h3-8H,2H2,1H3,(H2,20,21,24). The highest BCUT2D eigenvalue weighted by Gasteiger charge is 2.11. The molecule has 0 aliphatic carbocycles. The van der Waals surface area contributed by atoms with Crippen molar-refractivity contribution in [1.29, 1.82) is 0 Å². The zero-order valence-electron chi connectivity index (χ0n) is 12.5. The summed E-state index contributed by atoms with van der Waals surface area (Å²) in [6.07, 6.45) is 0. The lowest BCUT2D eigenvalue weighted by Gasteiger charge is -2.13. The molecule has 0 aliphatic heterocycles. The number of rotatable bonds is 4. The van der Waals surface area contributed by atoms with E-state index in [1.54, 1.807) is 37.3 Å². The van der Waals surface area contributed by atoms with E-state index in [1.807, 2.05) is 0 Å². The van der Waals surface area contributed by atoms with Crippen molar-refractivity contribution in [1.82, 2.24) is 0 Å². The Kier molecular flexibility index (Phi) is 6.70. The first-order valence-electron chi connectivity index (χ1n) is 6.90. The molecule has 0 spiro atoms. The van der Waals surface area contributed by atoms with Gasteiger partial charge >= 0.3 is 5.97 Å². The van der Waals surface area contributed by atoms with E-state index in [0.717, 1.165) is 0 Å². The number of benzene rings is 2. The van der Waals surface area contributed by atoms with Crippen LogP contribution >= 0.6 is 44.1 Å². The molecule has 0 atom stereocenters. The molecular weight excluding hydrogens is 463 g/mol. The van der Waals surface area contributed by atoms with Gasteiger partial charge in [0.05, 0.1) is 17.9 Å². The molecule has 2 rings (SSSR count). The number of esters is 1. The lowest BCUT2D eigenvalue weighted by atomic mass is 10.2. The van der Waals surface area contributed by atoms with Crippen LogP contribution in [0.4, 0.5) is 15.8 Å². The molecule has 0 heterocycles. The molecule has 8 heteroatoms. The van der Waals surface area contributed by atoms with Gasteiger partial charge in [0.15, 0.2) is 5.11 Å². The summed E-state index contributed by atoms with van der Waals surface area (Å²) in [5.41, 5.74) is 1.34. The van der Waals surface area contributed by atoms with Crippen LogP contribution < -0.4 is 10.6 Å². The zero-order valence-corrected chi connectivity index (χ0v) is 16.5. The molecule has 0 amide bonds. The number of hydrogen-bond acceptors (Lipinski definition) is 3. The highest BCUT2D eigenvalue weighted by atomic mass is 79.9. The second-order valence-corrected chi connectivity index (χ2v) is 6.80. The average Bonchev–Trinajstić information content (AvgIpc) is 2.52. The van der Waals surface area contributed by atoms with E-state index < -0.39 is 5.82 Å². The van der Waals surface area contributed by atoms with Gasteiger partial charge in [-0.1, -0.05) is 15.9 Å². The van der Waals surface area contributed by atoms with E-state index in [4.69, 9.17) is 17.0 Å².